The highest BCUT2D eigenvalue weighted by molar-refractivity contribution is 5.44. The van der Waals surface area contributed by atoms with Crippen LogP contribution >= 0.6 is 0 Å². The van der Waals surface area contributed by atoms with Crippen molar-refractivity contribution in [2.24, 2.45) is 5.73 Å². The number of rotatable bonds is 5. The zero-order chi connectivity index (χ0) is 11.3. The maximum Gasteiger partial charge on any atom is 0.149 e. The molecule has 0 aromatic heterocycles. The first-order valence-corrected chi connectivity index (χ1v) is 5.04. The van der Waals surface area contributed by atoms with Crippen LogP contribution in [0.3, 0.4) is 0 Å². The first-order valence-electron chi connectivity index (χ1n) is 5.04. The number of anilines is 1. The lowest BCUT2D eigenvalue weighted by Gasteiger charge is -2.08. The summed E-state index contributed by atoms with van der Waals surface area (Å²) in [6, 6.07) is 3.66. The van der Waals surface area contributed by atoms with E-state index in [9.17, 15) is 8.78 Å². The highest BCUT2D eigenvalue weighted by Crippen LogP contribution is 2.14. The van der Waals surface area contributed by atoms with E-state index in [1.165, 1.54) is 12.1 Å². The number of nitrogens with one attached hydrogen (secondary N) is 1. The van der Waals surface area contributed by atoms with Crippen molar-refractivity contribution < 1.29 is 8.78 Å². The Morgan fingerprint density at radius 1 is 1.40 bits per heavy atom. The van der Waals surface area contributed by atoms with Gasteiger partial charge >= 0.3 is 0 Å². The van der Waals surface area contributed by atoms with Gasteiger partial charge in [0.25, 0.3) is 0 Å². The molecular weight excluding hydrogens is 198 g/mol. The van der Waals surface area contributed by atoms with Gasteiger partial charge < -0.3 is 11.1 Å². The molecule has 0 fully saturated rings. The predicted octanol–water partition coefficient (Wildman–Crippen LogP) is 2.50. The molecule has 1 atom stereocenters. The van der Waals surface area contributed by atoms with Gasteiger partial charge in [-0.3, -0.25) is 0 Å². The Hall–Kier alpha value is -1.16. The number of halogens is 2. The third-order valence-electron chi connectivity index (χ3n) is 2.08. The van der Waals surface area contributed by atoms with E-state index in [0.29, 0.717) is 12.2 Å². The number of hydrogen-bond donors (Lipinski definition) is 2. The molecule has 0 aliphatic carbocycles. The third-order valence-corrected chi connectivity index (χ3v) is 2.08. The second kappa shape index (κ2) is 5.66. The Labute approximate surface area is 88.5 Å². The molecule has 4 heteroatoms. The third kappa shape index (κ3) is 4.25. The molecule has 3 N–H and O–H groups in total. The molecule has 0 saturated carbocycles. The van der Waals surface area contributed by atoms with Crippen LogP contribution in [0.25, 0.3) is 0 Å². The Morgan fingerprint density at radius 2 is 2.13 bits per heavy atom. The summed E-state index contributed by atoms with van der Waals surface area (Å²) in [7, 11) is 0. The zero-order valence-corrected chi connectivity index (χ0v) is 8.76. The summed E-state index contributed by atoms with van der Waals surface area (Å²) in [5, 5.41) is 2.90. The van der Waals surface area contributed by atoms with Gasteiger partial charge in [0.15, 0.2) is 0 Å². The monoisotopic (exact) mass is 214 g/mol. The Bertz CT molecular complexity index is 313. The van der Waals surface area contributed by atoms with E-state index in [2.05, 4.69) is 5.32 Å². The molecule has 0 bridgehead atoms. The molecular formula is C11H16F2N2. The van der Waals surface area contributed by atoms with Gasteiger partial charge in [-0.2, -0.15) is 0 Å². The van der Waals surface area contributed by atoms with Crippen molar-refractivity contribution in [3.05, 3.63) is 29.8 Å². The summed E-state index contributed by atoms with van der Waals surface area (Å²) >= 11 is 0. The van der Waals surface area contributed by atoms with E-state index in [1.54, 1.807) is 0 Å². The van der Waals surface area contributed by atoms with Crippen LogP contribution in [0.1, 0.15) is 19.8 Å². The number of benzene rings is 1. The van der Waals surface area contributed by atoms with Crippen LogP contribution in [-0.2, 0) is 0 Å². The molecule has 84 valence electrons. The minimum atomic E-state index is -0.561. The average molecular weight is 214 g/mol. The van der Waals surface area contributed by atoms with Crippen molar-refractivity contribution in [3.63, 3.8) is 0 Å². The van der Waals surface area contributed by atoms with Gasteiger partial charge in [0.2, 0.25) is 0 Å². The molecule has 0 radical (unpaired) electrons. The summed E-state index contributed by atoms with van der Waals surface area (Å²) in [6.45, 7) is 2.57. The predicted molar refractivity (Wildman–Crippen MR) is 57.7 cm³/mol. The Morgan fingerprint density at radius 3 is 2.73 bits per heavy atom. The van der Waals surface area contributed by atoms with Crippen molar-refractivity contribution in [1.29, 1.82) is 0 Å². The minimum Gasteiger partial charge on any atom is -0.383 e. The van der Waals surface area contributed by atoms with Crippen LogP contribution in [0.15, 0.2) is 18.2 Å². The van der Waals surface area contributed by atoms with Crippen LogP contribution in [0.2, 0.25) is 0 Å². The Kier molecular flexibility index (Phi) is 4.49. The molecule has 1 unspecified atom stereocenters. The summed E-state index contributed by atoms with van der Waals surface area (Å²) in [6.07, 6.45) is 1.75. The minimum absolute atomic E-state index is 0.157. The smallest absolute Gasteiger partial charge is 0.149 e. The number of hydrogen-bond acceptors (Lipinski definition) is 2. The second-order valence-corrected chi connectivity index (χ2v) is 3.67. The lowest BCUT2D eigenvalue weighted by molar-refractivity contribution is 0.583. The number of nitrogens with two attached hydrogens (primary N) is 1. The first kappa shape index (κ1) is 11.9. The standard InChI is InChI=1S/C11H16F2N2/c1-8(14)3-2-6-15-11-5-4-9(12)7-10(11)13/h4-5,7-8,15H,2-3,6,14H2,1H3. The fourth-order valence-electron chi connectivity index (χ4n) is 1.28. The van der Waals surface area contributed by atoms with Crippen molar-refractivity contribution in [2.45, 2.75) is 25.8 Å². The maximum absolute atomic E-state index is 13.1. The highest BCUT2D eigenvalue weighted by Gasteiger charge is 2.02. The maximum atomic E-state index is 13.1. The summed E-state index contributed by atoms with van der Waals surface area (Å²) < 4.78 is 25.7. The molecule has 0 aliphatic rings. The lowest BCUT2D eigenvalue weighted by Crippen LogP contribution is -2.16. The van der Waals surface area contributed by atoms with Crippen molar-refractivity contribution in [3.8, 4) is 0 Å². The van der Waals surface area contributed by atoms with Crippen LogP contribution in [0.5, 0.6) is 0 Å². The molecule has 1 rings (SSSR count). The van der Waals surface area contributed by atoms with Crippen LogP contribution in [-0.4, -0.2) is 12.6 Å². The van der Waals surface area contributed by atoms with Crippen molar-refractivity contribution in [1.82, 2.24) is 0 Å². The normalized spacial score (nSPS) is 12.5. The summed E-state index contributed by atoms with van der Waals surface area (Å²) in [5.74, 6) is -1.12. The summed E-state index contributed by atoms with van der Waals surface area (Å²) in [5.41, 5.74) is 5.90. The van der Waals surface area contributed by atoms with Gasteiger partial charge in [0, 0.05) is 18.7 Å². The average Bonchev–Trinajstić information content (AvgIpc) is 2.14. The molecule has 2 nitrogen and oxygen atoms in total. The quantitative estimate of drug-likeness (QED) is 0.739. The summed E-state index contributed by atoms with van der Waals surface area (Å²) in [4.78, 5) is 0. The van der Waals surface area contributed by atoms with Crippen molar-refractivity contribution in [2.75, 3.05) is 11.9 Å². The first-order chi connectivity index (χ1) is 7.09. The molecule has 15 heavy (non-hydrogen) atoms. The van der Waals surface area contributed by atoms with Crippen LogP contribution in [0.4, 0.5) is 14.5 Å². The second-order valence-electron chi connectivity index (χ2n) is 3.67. The topological polar surface area (TPSA) is 38.0 Å². The van der Waals surface area contributed by atoms with E-state index >= 15 is 0 Å². The van der Waals surface area contributed by atoms with Gasteiger partial charge in [-0.1, -0.05) is 0 Å². The molecule has 0 spiro atoms. The SMILES string of the molecule is CC(N)CCCNc1ccc(F)cc1F. The fraction of sp³-hybridized carbons (Fsp3) is 0.455. The molecule has 1 aromatic carbocycles. The van der Waals surface area contributed by atoms with E-state index in [4.69, 9.17) is 5.73 Å². The van der Waals surface area contributed by atoms with Crippen molar-refractivity contribution >= 4 is 5.69 Å². The van der Waals surface area contributed by atoms with Gasteiger partial charge in [0.1, 0.15) is 11.6 Å². The van der Waals surface area contributed by atoms with Gasteiger partial charge in [-0.25, -0.2) is 8.78 Å². The van der Waals surface area contributed by atoms with E-state index < -0.39 is 11.6 Å². The van der Waals surface area contributed by atoms with E-state index in [1.807, 2.05) is 6.92 Å². The van der Waals surface area contributed by atoms with Crippen LogP contribution in [0, 0.1) is 11.6 Å². The van der Waals surface area contributed by atoms with Gasteiger partial charge in [-0.05, 0) is 31.9 Å². The molecule has 0 amide bonds. The van der Waals surface area contributed by atoms with E-state index in [-0.39, 0.29) is 6.04 Å². The molecule has 0 saturated heterocycles. The fourth-order valence-corrected chi connectivity index (χ4v) is 1.28. The zero-order valence-electron chi connectivity index (χ0n) is 8.76. The largest absolute Gasteiger partial charge is 0.383 e. The van der Waals surface area contributed by atoms with Crippen LogP contribution < -0.4 is 11.1 Å². The molecule has 1 aromatic rings. The van der Waals surface area contributed by atoms with E-state index in [0.717, 1.165) is 18.9 Å². The van der Waals surface area contributed by atoms with Gasteiger partial charge in [0.05, 0.1) is 5.69 Å². The lowest BCUT2D eigenvalue weighted by atomic mass is 10.2. The highest BCUT2D eigenvalue weighted by atomic mass is 19.1. The van der Waals surface area contributed by atoms with Gasteiger partial charge in [-0.15, -0.1) is 0 Å². The molecule has 0 heterocycles. The Balaban J connectivity index is 2.37. The molecule has 0 aliphatic heterocycles.